The molecule has 3 rings (SSSR count). The van der Waals surface area contributed by atoms with E-state index < -0.39 is 5.97 Å². The fourth-order valence-corrected chi connectivity index (χ4v) is 2.34. The molecule has 0 aliphatic rings. The molecule has 1 N–H and O–H groups in total. The highest BCUT2D eigenvalue weighted by Gasteiger charge is 2.13. The molecule has 0 saturated heterocycles. The molecule has 3 aromatic rings. The van der Waals surface area contributed by atoms with Crippen molar-refractivity contribution in [1.29, 1.82) is 0 Å². The van der Waals surface area contributed by atoms with Gasteiger partial charge in [-0.05, 0) is 42.8 Å². The fraction of sp³-hybridized carbons (Fsp3) is 0.0588. The van der Waals surface area contributed by atoms with Crippen LogP contribution in [-0.4, -0.2) is 16.1 Å². The molecule has 0 bridgehead atoms. The minimum absolute atomic E-state index is 0.197. The molecular formula is C17H12FNO2. The number of rotatable bonds is 2. The summed E-state index contributed by atoms with van der Waals surface area (Å²) in [5.41, 5.74) is 2.96. The van der Waals surface area contributed by atoms with Crippen molar-refractivity contribution >= 4 is 16.9 Å². The molecule has 2 aromatic carbocycles. The van der Waals surface area contributed by atoms with Gasteiger partial charge in [0, 0.05) is 10.9 Å². The van der Waals surface area contributed by atoms with Gasteiger partial charge in [0.15, 0.2) is 0 Å². The van der Waals surface area contributed by atoms with Gasteiger partial charge in [-0.25, -0.2) is 14.2 Å². The molecule has 1 heterocycles. The fourth-order valence-electron chi connectivity index (χ4n) is 2.34. The van der Waals surface area contributed by atoms with Gasteiger partial charge in [-0.3, -0.25) is 0 Å². The van der Waals surface area contributed by atoms with Crippen molar-refractivity contribution < 1.29 is 14.3 Å². The van der Waals surface area contributed by atoms with Crippen LogP contribution < -0.4 is 0 Å². The quantitative estimate of drug-likeness (QED) is 0.771. The first-order chi connectivity index (χ1) is 10.1. The maximum Gasteiger partial charge on any atom is 0.336 e. The molecule has 0 unspecified atom stereocenters. The van der Waals surface area contributed by atoms with Gasteiger partial charge in [-0.15, -0.1) is 0 Å². The lowest BCUT2D eigenvalue weighted by atomic mass is 10.0. The van der Waals surface area contributed by atoms with Gasteiger partial charge >= 0.3 is 5.97 Å². The summed E-state index contributed by atoms with van der Waals surface area (Å²) in [6, 6.07) is 12.8. The van der Waals surface area contributed by atoms with E-state index >= 15 is 0 Å². The van der Waals surface area contributed by atoms with E-state index in [1.54, 1.807) is 18.2 Å². The van der Waals surface area contributed by atoms with E-state index in [1.165, 1.54) is 18.2 Å². The van der Waals surface area contributed by atoms with Crippen molar-refractivity contribution in [2.24, 2.45) is 0 Å². The van der Waals surface area contributed by atoms with Crippen molar-refractivity contribution in [3.63, 3.8) is 0 Å². The Hall–Kier alpha value is -2.75. The highest BCUT2D eigenvalue weighted by atomic mass is 19.1. The second-order valence-electron chi connectivity index (χ2n) is 4.84. The molecular weight excluding hydrogens is 269 g/mol. The largest absolute Gasteiger partial charge is 0.478 e. The number of halogens is 1. The van der Waals surface area contributed by atoms with E-state index in [0.717, 1.165) is 5.56 Å². The lowest BCUT2D eigenvalue weighted by molar-refractivity contribution is 0.0699. The summed E-state index contributed by atoms with van der Waals surface area (Å²) in [4.78, 5) is 16.0. The van der Waals surface area contributed by atoms with E-state index in [-0.39, 0.29) is 11.4 Å². The minimum Gasteiger partial charge on any atom is -0.478 e. The van der Waals surface area contributed by atoms with Crippen LogP contribution in [0.15, 0.2) is 48.5 Å². The van der Waals surface area contributed by atoms with Crippen LogP contribution in [0.2, 0.25) is 0 Å². The summed E-state index contributed by atoms with van der Waals surface area (Å²) in [7, 11) is 0. The minimum atomic E-state index is -1.00. The second kappa shape index (κ2) is 4.98. The number of carboxylic acid groups (broad SMARTS) is 1. The van der Waals surface area contributed by atoms with Crippen molar-refractivity contribution in [2.45, 2.75) is 6.92 Å². The average Bonchev–Trinajstić information content (AvgIpc) is 2.47. The summed E-state index contributed by atoms with van der Waals surface area (Å²) in [6.07, 6.45) is 0. The topological polar surface area (TPSA) is 50.2 Å². The molecule has 0 aliphatic carbocycles. The zero-order valence-corrected chi connectivity index (χ0v) is 11.3. The van der Waals surface area contributed by atoms with Gasteiger partial charge in [-0.1, -0.05) is 18.2 Å². The number of hydrogen-bond acceptors (Lipinski definition) is 2. The van der Waals surface area contributed by atoms with Gasteiger partial charge in [0.2, 0.25) is 0 Å². The summed E-state index contributed by atoms with van der Waals surface area (Å²) >= 11 is 0. The van der Waals surface area contributed by atoms with E-state index in [1.807, 2.05) is 19.1 Å². The summed E-state index contributed by atoms with van der Waals surface area (Å²) < 4.78 is 13.0. The van der Waals surface area contributed by atoms with Crippen LogP contribution >= 0.6 is 0 Å². The maximum atomic E-state index is 13.0. The molecule has 21 heavy (non-hydrogen) atoms. The number of fused-ring (bicyclic) bond motifs is 1. The molecule has 1 aromatic heterocycles. The summed E-state index contributed by atoms with van der Waals surface area (Å²) in [5, 5.41) is 10.0. The highest BCUT2D eigenvalue weighted by molar-refractivity contribution is 6.04. The predicted octanol–water partition coefficient (Wildman–Crippen LogP) is 4.05. The Morgan fingerprint density at radius 1 is 1.14 bits per heavy atom. The number of carboxylic acids is 1. The van der Waals surface area contributed by atoms with E-state index in [0.29, 0.717) is 22.2 Å². The first-order valence-electron chi connectivity index (χ1n) is 6.46. The molecule has 0 atom stereocenters. The van der Waals surface area contributed by atoms with Gasteiger partial charge in [0.05, 0.1) is 16.8 Å². The number of nitrogens with zero attached hydrogens (tertiary/aromatic N) is 1. The number of pyridine rings is 1. The number of carbonyl (C=O) groups is 1. The first-order valence-corrected chi connectivity index (χ1v) is 6.46. The standard InChI is InChI=1S/C17H12FNO2/c1-10-3-2-4-13-14(17(20)21)9-15(19-16(10)13)11-5-7-12(18)8-6-11/h2-9H,1H3,(H,20,21). The van der Waals surface area contributed by atoms with Gasteiger partial charge in [-0.2, -0.15) is 0 Å². The molecule has 3 nitrogen and oxygen atoms in total. The van der Waals surface area contributed by atoms with Gasteiger partial charge < -0.3 is 5.11 Å². The third-order valence-corrected chi connectivity index (χ3v) is 3.41. The SMILES string of the molecule is Cc1cccc2c(C(=O)O)cc(-c3ccc(F)cc3)nc12. The van der Waals surface area contributed by atoms with Crippen LogP contribution in [0.3, 0.4) is 0 Å². The molecule has 0 amide bonds. The zero-order valence-electron chi connectivity index (χ0n) is 11.3. The second-order valence-corrected chi connectivity index (χ2v) is 4.84. The molecule has 0 aliphatic heterocycles. The Balaban J connectivity index is 2.32. The van der Waals surface area contributed by atoms with Crippen LogP contribution in [-0.2, 0) is 0 Å². The molecule has 0 spiro atoms. The number of aromatic nitrogens is 1. The Morgan fingerprint density at radius 2 is 1.86 bits per heavy atom. The van der Waals surface area contributed by atoms with Crippen molar-refractivity contribution in [3.8, 4) is 11.3 Å². The van der Waals surface area contributed by atoms with Crippen LogP contribution in [0.5, 0.6) is 0 Å². The average molecular weight is 281 g/mol. The van der Waals surface area contributed by atoms with E-state index in [2.05, 4.69) is 4.98 Å². The Morgan fingerprint density at radius 3 is 2.52 bits per heavy atom. The Bertz CT molecular complexity index is 841. The molecule has 0 radical (unpaired) electrons. The van der Waals surface area contributed by atoms with Crippen molar-refractivity contribution in [1.82, 2.24) is 4.98 Å². The van der Waals surface area contributed by atoms with Crippen molar-refractivity contribution in [2.75, 3.05) is 0 Å². The maximum absolute atomic E-state index is 13.0. The highest BCUT2D eigenvalue weighted by Crippen LogP contribution is 2.26. The number of para-hydroxylation sites is 1. The van der Waals surface area contributed by atoms with E-state index in [4.69, 9.17) is 0 Å². The monoisotopic (exact) mass is 281 g/mol. The van der Waals surface area contributed by atoms with Crippen LogP contribution in [0.1, 0.15) is 15.9 Å². The third-order valence-electron chi connectivity index (χ3n) is 3.41. The van der Waals surface area contributed by atoms with Crippen LogP contribution in [0.25, 0.3) is 22.2 Å². The number of aromatic carboxylic acids is 1. The van der Waals surface area contributed by atoms with Gasteiger partial charge in [0.25, 0.3) is 0 Å². The zero-order chi connectivity index (χ0) is 15.0. The van der Waals surface area contributed by atoms with Gasteiger partial charge in [0.1, 0.15) is 5.82 Å². The lowest BCUT2D eigenvalue weighted by Crippen LogP contribution is -2.01. The first kappa shape index (κ1) is 13.2. The van der Waals surface area contributed by atoms with E-state index in [9.17, 15) is 14.3 Å². The Kier molecular flexibility index (Phi) is 3.14. The summed E-state index contributed by atoms with van der Waals surface area (Å²) in [5.74, 6) is -1.34. The molecule has 4 heteroatoms. The summed E-state index contributed by atoms with van der Waals surface area (Å²) in [6.45, 7) is 1.88. The van der Waals surface area contributed by atoms with Crippen molar-refractivity contribution in [3.05, 3.63) is 65.5 Å². The Labute approximate surface area is 120 Å². The molecule has 104 valence electrons. The number of hydrogen-bond donors (Lipinski definition) is 1. The predicted molar refractivity (Wildman–Crippen MR) is 78.8 cm³/mol. The third kappa shape index (κ3) is 2.36. The molecule has 0 fully saturated rings. The molecule has 0 saturated carbocycles. The van der Waals surface area contributed by atoms with Crippen LogP contribution in [0.4, 0.5) is 4.39 Å². The van der Waals surface area contributed by atoms with Crippen LogP contribution in [0, 0.1) is 12.7 Å². The number of aryl methyl sites for hydroxylation is 1. The smallest absolute Gasteiger partial charge is 0.336 e. The number of benzene rings is 2. The normalized spacial score (nSPS) is 10.8. The lowest BCUT2D eigenvalue weighted by Gasteiger charge is -2.09.